The van der Waals surface area contributed by atoms with Crippen molar-refractivity contribution in [2.45, 2.75) is 51.4 Å². The normalized spacial score (nSPS) is 22.7. The highest BCUT2D eigenvalue weighted by Crippen LogP contribution is 2.45. The van der Waals surface area contributed by atoms with Crippen LogP contribution in [0.4, 0.5) is 11.4 Å². The fraction of sp³-hybridized carbons (Fsp3) is 0.441. The number of nitriles is 1. The Kier molecular flexibility index (Phi) is 7.65. The van der Waals surface area contributed by atoms with Gasteiger partial charge in [0.1, 0.15) is 12.2 Å². The highest BCUT2D eigenvalue weighted by molar-refractivity contribution is 5.97. The minimum atomic E-state index is -0.263. The predicted octanol–water partition coefficient (Wildman–Crippen LogP) is 5.11. The van der Waals surface area contributed by atoms with Crippen LogP contribution in [0.25, 0.3) is 10.8 Å². The summed E-state index contributed by atoms with van der Waals surface area (Å²) in [6.45, 7) is 12.0. The first kappa shape index (κ1) is 28.2. The number of anilines is 2. The summed E-state index contributed by atoms with van der Waals surface area (Å²) in [5.74, 6) is -0.0523. The van der Waals surface area contributed by atoms with Gasteiger partial charge in [-0.1, -0.05) is 36.9 Å². The van der Waals surface area contributed by atoms with Crippen molar-refractivity contribution < 1.29 is 9.53 Å². The van der Waals surface area contributed by atoms with E-state index in [2.05, 4.69) is 84.6 Å². The van der Waals surface area contributed by atoms with Crippen molar-refractivity contribution in [3.05, 3.63) is 77.1 Å². The van der Waals surface area contributed by atoms with E-state index in [1.54, 1.807) is 7.11 Å². The standard InChI is InChI=1S/C34H40N6O2/c1-6-30(41)40-17-16-38(19-23(40)3)34-25(18-35)33(28-14-9-15-37(28)4)36-26-20-39(21-29(42-5)32(26)34)27-13-8-12-24-11-7-10-22(2)31(24)27/h6-8,10-13,23,28-29H,1,9,14-17,19-21H2,2-5H3/t23-,28-,29?/m0/s1. The molecular weight excluding hydrogens is 524 g/mol. The Labute approximate surface area is 248 Å². The van der Waals surface area contributed by atoms with Crippen LogP contribution in [0.15, 0.2) is 49.1 Å². The summed E-state index contributed by atoms with van der Waals surface area (Å²) in [6.07, 6.45) is 3.19. The molecule has 2 saturated heterocycles. The Balaban J connectivity index is 1.50. The number of likely N-dealkylation sites (tertiary alicyclic amines) is 1. The van der Waals surface area contributed by atoms with Gasteiger partial charge in [0.25, 0.3) is 0 Å². The number of amides is 1. The molecule has 2 fully saturated rings. The van der Waals surface area contributed by atoms with Gasteiger partial charge in [-0.15, -0.1) is 0 Å². The van der Waals surface area contributed by atoms with E-state index in [1.807, 2.05) is 4.90 Å². The summed E-state index contributed by atoms with van der Waals surface area (Å²) in [5, 5.41) is 13.2. The van der Waals surface area contributed by atoms with E-state index in [9.17, 15) is 10.1 Å². The molecule has 0 N–H and O–H groups in total. The van der Waals surface area contributed by atoms with E-state index >= 15 is 0 Å². The molecule has 0 bridgehead atoms. The lowest BCUT2D eigenvalue weighted by atomic mass is 9.91. The molecule has 6 rings (SSSR count). The van der Waals surface area contributed by atoms with Crippen molar-refractivity contribution in [2.24, 2.45) is 0 Å². The van der Waals surface area contributed by atoms with Crippen LogP contribution in [-0.2, 0) is 16.1 Å². The number of piperazine rings is 1. The zero-order valence-electron chi connectivity index (χ0n) is 25.1. The quantitative estimate of drug-likeness (QED) is 0.399. The largest absolute Gasteiger partial charge is 0.375 e. The topological polar surface area (TPSA) is 75.9 Å². The Hall–Kier alpha value is -3.93. The number of hydrogen-bond acceptors (Lipinski definition) is 7. The van der Waals surface area contributed by atoms with Gasteiger partial charge >= 0.3 is 0 Å². The van der Waals surface area contributed by atoms with Crippen molar-refractivity contribution >= 4 is 28.1 Å². The third-order valence-corrected chi connectivity index (χ3v) is 9.43. The van der Waals surface area contributed by atoms with Crippen molar-refractivity contribution in [2.75, 3.05) is 56.7 Å². The summed E-state index contributed by atoms with van der Waals surface area (Å²) in [7, 11) is 3.88. The fourth-order valence-electron chi connectivity index (χ4n) is 7.34. The molecule has 0 aliphatic carbocycles. The van der Waals surface area contributed by atoms with Gasteiger partial charge in [0, 0.05) is 56.0 Å². The van der Waals surface area contributed by atoms with Crippen LogP contribution >= 0.6 is 0 Å². The lowest BCUT2D eigenvalue weighted by Crippen LogP contribution is -2.54. The minimum absolute atomic E-state index is 0.0167. The third kappa shape index (κ3) is 4.71. The Morgan fingerprint density at radius 2 is 1.93 bits per heavy atom. The van der Waals surface area contributed by atoms with Crippen molar-refractivity contribution in [3.8, 4) is 6.07 Å². The fourth-order valence-corrected chi connectivity index (χ4v) is 7.34. The molecule has 218 valence electrons. The first-order valence-electron chi connectivity index (χ1n) is 15.0. The number of ether oxygens (including phenoxy) is 1. The lowest BCUT2D eigenvalue weighted by molar-refractivity contribution is -0.128. The van der Waals surface area contributed by atoms with Gasteiger partial charge in [0.15, 0.2) is 0 Å². The molecule has 3 aliphatic heterocycles. The number of carbonyl (C=O) groups is 1. The van der Waals surface area contributed by atoms with Gasteiger partial charge in [-0.05, 0) is 63.4 Å². The second-order valence-corrected chi connectivity index (χ2v) is 11.9. The smallest absolute Gasteiger partial charge is 0.246 e. The van der Waals surface area contributed by atoms with Crippen LogP contribution in [0.5, 0.6) is 0 Å². The maximum atomic E-state index is 12.5. The Morgan fingerprint density at radius 3 is 2.60 bits per heavy atom. The number of rotatable bonds is 5. The molecule has 3 aromatic rings. The first-order chi connectivity index (χ1) is 20.4. The first-order valence-corrected chi connectivity index (χ1v) is 15.0. The van der Waals surface area contributed by atoms with E-state index < -0.39 is 0 Å². The average Bonchev–Trinajstić information content (AvgIpc) is 3.44. The Morgan fingerprint density at radius 1 is 1.14 bits per heavy atom. The molecule has 1 unspecified atom stereocenters. The van der Waals surface area contributed by atoms with E-state index in [-0.39, 0.29) is 24.1 Å². The molecule has 8 nitrogen and oxygen atoms in total. The summed E-state index contributed by atoms with van der Waals surface area (Å²) < 4.78 is 6.23. The van der Waals surface area contributed by atoms with Crippen LogP contribution in [-0.4, -0.2) is 73.6 Å². The molecule has 1 aromatic heterocycles. The zero-order chi connectivity index (χ0) is 29.5. The SMILES string of the molecule is C=CC(=O)N1CCN(c2c(C#N)c([C@@H]3CCCN3C)nc3c2C(OC)CN(c2cccc4cccc(C)c24)C3)C[C@@H]1C. The number of aryl methyl sites for hydroxylation is 1. The monoisotopic (exact) mass is 564 g/mol. The molecular formula is C34H40N6O2. The highest BCUT2D eigenvalue weighted by atomic mass is 16.5. The summed E-state index contributed by atoms with van der Waals surface area (Å²) in [5.41, 5.74) is 6.87. The van der Waals surface area contributed by atoms with E-state index in [4.69, 9.17) is 9.72 Å². The van der Waals surface area contributed by atoms with Crippen molar-refractivity contribution in [1.29, 1.82) is 5.26 Å². The molecule has 0 radical (unpaired) electrons. The molecule has 42 heavy (non-hydrogen) atoms. The van der Waals surface area contributed by atoms with Crippen LogP contribution in [0.2, 0.25) is 0 Å². The number of carbonyl (C=O) groups excluding carboxylic acids is 1. The van der Waals surface area contributed by atoms with Gasteiger partial charge in [0.05, 0.1) is 35.2 Å². The van der Waals surface area contributed by atoms with Crippen LogP contribution in [0.3, 0.4) is 0 Å². The Bertz CT molecular complexity index is 1570. The highest BCUT2D eigenvalue weighted by Gasteiger charge is 2.39. The predicted molar refractivity (Wildman–Crippen MR) is 167 cm³/mol. The molecule has 4 heterocycles. The van der Waals surface area contributed by atoms with Crippen molar-refractivity contribution in [3.63, 3.8) is 0 Å². The van der Waals surface area contributed by atoms with E-state index in [0.29, 0.717) is 38.3 Å². The average molecular weight is 565 g/mol. The van der Waals surface area contributed by atoms with Crippen LogP contribution < -0.4 is 9.80 Å². The summed E-state index contributed by atoms with van der Waals surface area (Å²) in [6, 6.07) is 15.6. The number of fused-ring (bicyclic) bond motifs is 2. The number of methoxy groups -OCH3 is 1. The maximum Gasteiger partial charge on any atom is 0.246 e. The number of nitrogens with zero attached hydrogens (tertiary/aromatic N) is 6. The molecule has 3 aliphatic rings. The molecule has 8 heteroatoms. The van der Waals surface area contributed by atoms with Crippen LogP contribution in [0.1, 0.15) is 60.0 Å². The second kappa shape index (κ2) is 11.4. The number of hydrogen-bond donors (Lipinski definition) is 0. The van der Waals surface area contributed by atoms with Gasteiger partial charge < -0.3 is 19.4 Å². The second-order valence-electron chi connectivity index (χ2n) is 11.9. The summed E-state index contributed by atoms with van der Waals surface area (Å²) in [4.78, 5) is 26.7. The molecule has 0 saturated carbocycles. The van der Waals surface area contributed by atoms with Crippen molar-refractivity contribution in [1.82, 2.24) is 14.8 Å². The van der Waals surface area contributed by atoms with E-state index in [0.717, 1.165) is 42.0 Å². The molecule has 0 spiro atoms. The van der Waals surface area contributed by atoms with Gasteiger partial charge in [-0.25, -0.2) is 0 Å². The number of aromatic nitrogens is 1. The van der Waals surface area contributed by atoms with E-state index in [1.165, 1.54) is 28.1 Å². The molecule has 3 atom stereocenters. The summed E-state index contributed by atoms with van der Waals surface area (Å²) >= 11 is 0. The van der Waals surface area contributed by atoms with Gasteiger partial charge in [-0.3, -0.25) is 14.7 Å². The maximum absolute atomic E-state index is 12.5. The minimum Gasteiger partial charge on any atom is -0.375 e. The van der Waals surface area contributed by atoms with Crippen LogP contribution in [0, 0.1) is 18.3 Å². The van der Waals surface area contributed by atoms with Gasteiger partial charge in [0.2, 0.25) is 5.91 Å². The lowest BCUT2D eigenvalue weighted by Gasteiger charge is -2.44. The van der Waals surface area contributed by atoms with Gasteiger partial charge in [-0.2, -0.15) is 5.26 Å². The molecule has 1 amide bonds. The zero-order valence-corrected chi connectivity index (χ0v) is 25.1. The molecule has 2 aromatic carbocycles. The number of benzene rings is 2. The number of pyridine rings is 1. The third-order valence-electron chi connectivity index (χ3n) is 9.43.